The van der Waals surface area contributed by atoms with Crippen molar-refractivity contribution in [3.05, 3.63) is 51.2 Å². The molecule has 0 saturated carbocycles. The topological polar surface area (TPSA) is 111 Å². The average molecular weight is 319 g/mol. The highest BCUT2D eigenvalue weighted by Gasteiger charge is 2.32. The van der Waals surface area contributed by atoms with Crippen molar-refractivity contribution in [2.45, 2.75) is 32.9 Å². The molecule has 0 spiro atoms. The summed E-state index contributed by atoms with van der Waals surface area (Å²) in [5.74, 6) is -0.548. The quantitative estimate of drug-likeness (QED) is 0.502. The normalized spacial score (nSPS) is 17.6. The third-order valence-electron chi connectivity index (χ3n) is 3.27. The standard InChI is InChI=1S/C15H17N3O5/c1-8(2)23-14(19)12-9(3)16-15(20)17-13(12)10-4-6-11(7-5-10)18(21)22/h4-8,13H,1-3H3,(H2,16,17,20)/t13-/m1/s1. The summed E-state index contributed by atoms with van der Waals surface area (Å²) in [4.78, 5) is 34.2. The molecule has 122 valence electrons. The minimum Gasteiger partial charge on any atom is -0.459 e. The largest absolute Gasteiger partial charge is 0.459 e. The van der Waals surface area contributed by atoms with Gasteiger partial charge in [0.05, 0.1) is 22.6 Å². The predicted octanol–water partition coefficient (Wildman–Crippen LogP) is 2.17. The van der Waals surface area contributed by atoms with Gasteiger partial charge >= 0.3 is 12.0 Å². The fourth-order valence-electron chi connectivity index (χ4n) is 2.28. The van der Waals surface area contributed by atoms with Crippen molar-refractivity contribution >= 4 is 17.7 Å². The zero-order valence-corrected chi connectivity index (χ0v) is 13.0. The molecule has 0 aliphatic carbocycles. The molecule has 23 heavy (non-hydrogen) atoms. The van der Waals surface area contributed by atoms with Gasteiger partial charge in [-0.25, -0.2) is 9.59 Å². The molecule has 8 nitrogen and oxygen atoms in total. The Kier molecular flexibility index (Phi) is 4.63. The van der Waals surface area contributed by atoms with Gasteiger partial charge in [-0.2, -0.15) is 0 Å². The smallest absolute Gasteiger partial charge is 0.338 e. The van der Waals surface area contributed by atoms with Crippen LogP contribution in [-0.2, 0) is 9.53 Å². The second kappa shape index (κ2) is 6.47. The van der Waals surface area contributed by atoms with Crippen LogP contribution < -0.4 is 10.6 Å². The van der Waals surface area contributed by atoms with Gasteiger partial charge in [0, 0.05) is 17.8 Å². The maximum atomic E-state index is 12.3. The minimum atomic E-state index is -0.726. The first kappa shape index (κ1) is 16.5. The number of carbonyl (C=O) groups excluding carboxylic acids is 2. The van der Waals surface area contributed by atoms with Crippen LogP contribution in [-0.4, -0.2) is 23.0 Å². The molecule has 0 bridgehead atoms. The van der Waals surface area contributed by atoms with Crippen LogP contribution in [0.3, 0.4) is 0 Å². The summed E-state index contributed by atoms with van der Waals surface area (Å²) >= 11 is 0. The molecule has 1 aromatic rings. The molecular weight excluding hydrogens is 302 g/mol. The van der Waals surface area contributed by atoms with E-state index in [2.05, 4.69) is 10.6 Å². The van der Waals surface area contributed by atoms with Crippen molar-refractivity contribution in [2.75, 3.05) is 0 Å². The number of urea groups is 1. The van der Waals surface area contributed by atoms with Crippen LogP contribution in [0.25, 0.3) is 0 Å². The summed E-state index contributed by atoms with van der Waals surface area (Å²) in [6.45, 7) is 5.06. The van der Waals surface area contributed by atoms with Crippen LogP contribution in [0, 0.1) is 10.1 Å². The second-order valence-corrected chi connectivity index (χ2v) is 5.37. The van der Waals surface area contributed by atoms with E-state index in [-0.39, 0.29) is 17.4 Å². The van der Waals surface area contributed by atoms with Crippen molar-refractivity contribution in [1.82, 2.24) is 10.6 Å². The molecule has 2 N–H and O–H groups in total. The molecule has 1 aliphatic rings. The van der Waals surface area contributed by atoms with Gasteiger partial charge in [-0.15, -0.1) is 0 Å². The van der Waals surface area contributed by atoms with Gasteiger partial charge in [-0.05, 0) is 38.5 Å². The van der Waals surface area contributed by atoms with Crippen LogP contribution in [0.4, 0.5) is 10.5 Å². The van der Waals surface area contributed by atoms with E-state index in [4.69, 9.17) is 4.74 Å². The third-order valence-corrected chi connectivity index (χ3v) is 3.27. The molecule has 0 unspecified atom stereocenters. The first-order valence-electron chi connectivity index (χ1n) is 7.03. The number of ether oxygens (including phenoxy) is 1. The van der Waals surface area contributed by atoms with E-state index < -0.39 is 23.0 Å². The Morgan fingerprint density at radius 1 is 1.30 bits per heavy atom. The second-order valence-electron chi connectivity index (χ2n) is 5.37. The molecule has 1 heterocycles. The molecule has 1 aliphatic heterocycles. The van der Waals surface area contributed by atoms with E-state index in [9.17, 15) is 19.7 Å². The number of nitrogens with one attached hydrogen (secondary N) is 2. The molecule has 2 rings (SSSR count). The number of nitro benzene ring substituents is 1. The Labute approximate surface area is 132 Å². The van der Waals surface area contributed by atoms with Crippen LogP contribution in [0.5, 0.6) is 0 Å². The molecular formula is C15H17N3O5. The van der Waals surface area contributed by atoms with E-state index in [0.717, 1.165) is 0 Å². The number of hydrogen-bond acceptors (Lipinski definition) is 5. The van der Waals surface area contributed by atoms with E-state index in [1.807, 2.05) is 0 Å². The monoisotopic (exact) mass is 319 g/mol. The lowest BCUT2D eigenvalue weighted by Gasteiger charge is -2.28. The lowest BCUT2D eigenvalue weighted by molar-refractivity contribution is -0.384. The van der Waals surface area contributed by atoms with Gasteiger partial charge in [-0.3, -0.25) is 10.1 Å². The molecule has 2 amide bonds. The number of carbonyl (C=O) groups is 2. The number of nitro groups is 1. The van der Waals surface area contributed by atoms with E-state index in [1.165, 1.54) is 24.3 Å². The lowest BCUT2D eigenvalue weighted by atomic mass is 9.95. The van der Waals surface area contributed by atoms with Gasteiger partial charge in [0.2, 0.25) is 0 Å². The van der Waals surface area contributed by atoms with Gasteiger partial charge in [0.15, 0.2) is 0 Å². The number of hydrogen-bond donors (Lipinski definition) is 2. The zero-order chi connectivity index (χ0) is 17.1. The van der Waals surface area contributed by atoms with Gasteiger partial charge in [0.25, 0.3) is 5.69 Å². The van der Waals surface area contributed by atoms with Crippen LogP contribution in [0.15, 0.2) is 35.5 Å². The predicted molar refractivity (Wildman–Crippen MR) is 81.4 cm³/mol. The third kappa shape index (κ3) is 3.65. The Bertz CT molecular complexity index is 679. The Morgan fingerprint density at radius 3 is 2.43 bits per heavy atom. The van der Waals surface area contributed by atoms with Crippen LogP contribution in [0.2, 0.25) is 0 Å². The van der Waals surface area contributed by atoms with E-state index in [1.54, 1.807) is 20.8 Å². The fraction of sp³-hybridized carbons (Fsp3) is 0.333. The maximum absolute atomic E-state index is 12.3. The Balaban J connectivity index is 2.40. The molecule has 0 aromatic heterocycles. The highest BCUT2D eigenvalue weighted by atomic mass is 16.6. The molecule has 0 saturated heterocycles. The highest BCUT2D eigenvalue weighted by molar-refractivity contribution is 5.95. The van der Waals surface area contributed by atoms with Gasteiger partial charge in [-0.1, -0.05) is 0 Å². The number of nitrogens with zero attached hydrogens (tertiary/aromatic N) is 1. The number of allylic oxidation sites excluding steroid dienone is 1. The van der Waals surface area contributed by atoms with Crippen molar-refractivity contribution in [1.29, 1.82) is 0 Å². The zero-order valence-electron chi connectivity index (χ0n) is 13.0. The van der Waals surface area contributed by atoms with Gasteiger partial charge < -0.3 is 15.4 Å². The SMILES string of the molecule is CC1=C(C(=O)OC(C)C)[C@@H](c2ccc([N+](=O)[O-])cc2)NC(=O)N1. The fourth-order valence-corrected chi connectivity index (χ4v) is 2.28. The van der Waals surface area contributed by atoms with Crippen molar-refractivity contribution in [3.8, 4) is 0 Å². The number of esters is 1. The summed E-state index contributed by atoms with van der Waals surface area (Å²) in [5, 5.41) is 15.9. The summed E-state index contributed by atoms with van der Waals surface area (Å²) in [6, 6.07) is 4.48. The Morgan fingerprint density at radius 2 is 1.91 bits per heavy atom. The molecule has 0 fully saturated rings. The number of non-ortho nitro benzene ring substituents is 1. The summed E-state index contributed by atoms with van der Waals surface area (Å²) in [7, 11) is 0. The summed E-state index contributed by atoms with van der Waals surface area (Å²) in [6.07, 6.45) is -0.307. The first-order valence-corrected chi connectivity index (χ1v) is 7.03. The van der Waals surface area contributed by atoms with Crippen molar-refractivity contribution < 1.29 is 19.2 Å². The number of benzene rings is 1. The Hall–Kier alpha value is -2.90. The number of amides is 2. The van der Waals surface area contributed by atoms with E-state index >= 15 is 0 Å². The summed E-state index contributed by atoms with van der Waals surface area (Å²) in [5.41, 5.74) is 1.15. The number of rotatable bonds is 4. The minimum absolute atomic E-state index is 0.0685. The molecule has 1 aromatic carbocycles. The summed E-state index contributed by atoms with van der Waals surface area (Å²) < 4.78 is 5.21. The molecule has 1 atom stereocenters. The van der Waals surface area contributed by atoms with E-state index in [0.29, 0.717) is 11.3 Å². The first-order chi connectivity index (χ1) is 10.8. The maximum Gasteiger partial charge on any atom is 0.338 e. The van der Waals surface area contributed by atoms with Crippen molar-refractivity contribution in [2.24, 2.45) is 0 Å². The van der Waals surface area contributed by atoms with Crippen molar-refractivity contribution in [3.63, 3.8) is 0 Å². The van der Waals surface area contributed by atoms with Crippen LogP contribution >= 0.6 is 0 Å². The lowest BCUT2D eigenvalue weighted by Crippen LogP contribution is -2.45. The average Bonchev–Trinajstić information content (AvgIpc) is 2.45. The highest BCUT2D eigenvalue weighted by Crippen LogP contribution is 2.29. The molecule has 0 radical (unpaired) electrons. The van der Waals surface area contributed by atoms with Gasteiger partial charge in [0.1, 0.15) is 0 Å². The van der Waals surface area contributed by atoms with Crippen LogP contribution in [0.1, 0.15) is 32.4 Å². The molecule has 8 heteroatoms.